The smallest absolute Gasteiger partial charge is 0.243 e. The molecule has 148 valence electrons. The summed E-state index contributed by atoms with van der Waals surface area (Å²) in [6.07, 6.45) is 1.41. The maximum atomic E-state index is 13.7. The molecule has 2 aromatic rings. The Morgan fingerprint density at radius 1 is 1.25 bits per heavy atom. The Labute approximate surface area is 169 Å². The number of hydrogen-bond donors (Lipinski definition) is 1. The molecule has 0 bridgehead atoms. The van der Waals surface area contributed by atoms with Crippen molar-refractivity contribution < 1.29 is 9.18 Å². The van der Waals surface area contributed by atoms with Gasteiger partial charge in [0, 0.05) is 52.6 Å². The van der Waals surface area contributed by atoms with Gasteiger partial charge in [0.2, 0.25) is 11.9 Å². The monoisotopic (exact) mass is 402 g/mol. The molecule has 7 heteroatoms. The lowest BCUT2D eigenvalue weighted by Crippen LogP contribution is -2.63. The van der Waals surface area contributed by atoms with E-state index in [1.807, 2.05) is 12.1 Å². The van der Waals surface area contributed by atoms with Crippen LogP contribution in [-0.2, 0) is 24.2 Å². The van der Waals surface area contributed by atoms with Gasteiger partial charge in [-0.15, -0.1) is 0 Å². The topological polar surface area (TPSA) is 48.5 Å². The van der Waals surface area contributed by atoms with Crippen LogP contribution in [0.4, 0.5) is 4.39 Å². The quantitative estimate of drug-likeness (QED) is 0.797. The molecule has 0 saturated carbocycles. The Kier molecular flexibility index (Phi) is 5.36. The van der Waals surface area contributed by atoms with E-state index >= 15 is 0 Å². The molecule has 28 heavy (non-hydrogen) atoms. The number of amides is 1. The van der Waals surface area contributed by atoms with Crippen LogP contribution in [0.1, 0.15) is 16.7 Å². The van der Waals surface area contributed by atoms with Gasteiger partial charge in [-0.05, 0) is 28.8 Å². The maximum absolute atomic E-state index is 13.7. The van der Waals surface area contributed by atoms with Gasteiger partial charge in [0.05, 0.1) is 0 Å². The van der Waals surface area contributed by atoms with Gasteiger partial charge in [0.1, 0.15) is 10.7 Å². The van der Waals surface area contributed by atoms with Gasteiger partial charge < -0.3 is 10.2 Å². The largest absolute Gasteiger partial charge is 0.340 e. The Morgan fingerprint density at radius 3 is 2.50 bits per heavy atom. The Bertz CT molecular complexity index is 839. The van der Waals surface area contributed by atoms with E-state index in [0.29, 0.717) is 24.9 Å². The second kappa shape index (κ2) is 7.78. The minimum atomic E-state index is -0.631. The number of piperazine rings is 1. The number of pyridine rings is 1. The first-order valence-corrected chi connectivity index (χ1v) is 9.96. The first kappa shape index (κ1) is 19.3. The van der Waals surface area contributed by atoms with E-state index < -0.39 is 11.5 Å². The van der Waals surface area contributed by atoms with Gasteiger partial charge in [-0.2, -0.15) is 4.39 Å². The van der Waals surface area contributed by atoms with Gasteiger partial charge in [-0.1, -0.05) is 35.9 Å². The van der Waals surface area contributed by atoms with Crippen molar-refractivity contribution >= 4 is 17.5 Å². The molecule has 0 atom stereocenters. The molecule has 5 nitrogen and oxygen atoms in total. The number of carbonyl (C=O) groups excluding carboxylic acids is 1. The van der Waals surface area contributed by atoms with Crippen LogP contribution in [0.15, 0.2) is 36.4 Å². The molecule has 0 spiro atoms. The molecule has 1 amide bonds. The van der Waals surface area contributed by atoms with Crippen LogP contribution in [-0.4, -0.2) is 59.5 Å². The maximum Gasteiger partial charge on any atom is 0.243 e. The predicted molar refractivity (Wildman–Crippen MR) is 107 cm³/mol. The standard InChI is InChI=1S/C21H24ClFN4O/c1-26(14-15-10-18(22)25-19(23)11-15)20(28)21(27-8-6-24-7-9-27)12-16-4-2-3-5-17(16)13-21/h2-5,10-11,24H,6-9,12-14H2,1H3. The van der Waals surface area contributed by atoms with Crippen LogP contribution in [0, 0.1) is 5.95 Å². The summed E-state index contributed by atoms with van der Waals surface area (Å²) in [5, 5.41) is 3.47. The van der Waals surface area contributed by atoms with Crippen LogP contribution in [0.25, 0.3) is 0 Å². The summed E-state index contributed by atoms with van der Waals surface area (Å²) in [6.45, 7) is 3.72. The van der Waals surface area contributed by atoms with Crippen LogP contribution < -0.4 is 5.32 Å². The van der Waals surface area contributed by atoms with Crippen molar-refractivity contribution in [3.05, 3.63) is 64.2 Å². The number of aromatic nitrogens is 1. The number of fused-ring (bicyclic) bond motifs is 1. The van der Waals surface area contributed by atoms with Crippen molar-refractivity contribution in [2.24, 2.45) is 0 Å². The molecule has 2 aliphatic rings. The van der Waals surface area contributed by atoms with Gasteiger partial charge in [0.15, 0.2) is 0 Å². The summed E-state index contributed by atoms with van der Waals surface area (Å²) >= 11 is 5.88. The summed E-state index contributed by atoms with van der Waals surface area (Å²) < 4.78 is 13.6. The Morgan fingerprint density at radius 2 is 1.89 bits per heavy atom. The third-order valence-electron chi connectivity index (χ3n) is 5.79. The molecule has 1 saturated heterocycles. The lowest BCUT2D eigenvalue weighted by Gasteiger charge is -2.44. The highest BCUT2D eigenvalue weighted by atomic mass is 35.5. The molecular weight excluding hydrogens is 379 g/mol. The van der Waals surface area contributed by atoms with Crippen molar-refractivity contribution in [2.45, 2.75) is 24.9 Å². The molecule has 1 aromatic carbocycles. The normalized spacial score (nSPS) is 18.7. The van der Waals surface area contributed by atoms with E-state index in [-0.39, 0.29) is 11.1 Å². The molecule has 1 N–H and O–H groups in total. The second-order valence-electron chi connectivity index (χ2n) is 7.67. The van der Waals surface area contributed by atoms with Gasteiger partial charge in [-0.3, -0.25) is 9.69 Å². The van der Waals surface area contributed by atoms with E-state index in [0.717, 1.165) is 26.2 Å². The van der Waals surface area contributed by atoms with Crippen LogP contribution in [0.3, 0.4) is 0 Å². The Hall–Kier alpha value is -2.02. The fourth-order valence-corrected chi connectivity index (χ4v) is 4.73. The molecule has 2 heterocycles. The summed E-state index contributed by atoms with van der Waals surface area (Å²) in [5.41, 5.74) is 2.52. The van der Waals surface area contributed by atoms with Gasteiger partial charge in [-0.25, -0.2) is 4.98 Å². The second-order valence-corrected chi connectivity index (χ2v) is 8.06. The summed E-state index contributed by atoms with van der Waals surface area (Å²) in [6, 6.07) is 11.2. The summed E-state index contributed by atoms with van der Waals surface area (Å²) in [5.74, 6) is -0.563. The van der Waals surface area contributed by atoms with E-state index in [9.17, 15) is 9.18 Å². The molecule has 4 rings (SSSR count). The predicted octanol–water partition coefficient (Wildman–Crippen LogP) is 2.28. The molecular formula is C21H24ClFN4O. The molecule has 1 fully saturated rings. The number of hydrogen-bond acceptors (Lipinski definition) is 4. The van der Waals surface area contributed by atoms with Crippen LogP contribution >= 0.6 is 11.6 Å². The number of nitrogens with one attached hydrogen (secondary N) is 1. The molecule has 1 aromatic heterocycles. The Balaban J connectivity index is 1.62. The molecule has 0 radical (unpaired) electrons. The highest BCUT2D eigenvalue weighted by Crippen LogP contribution is 2.36. The van der Waals surface area contributed by atoms with E-state index in [4.69, 9.17) is 11.6 Å². The van der Waals surface area contributed by atoms with Crippen LogP contribution in [0.5, 0.6) is 0 Å². The fourth-order valence-electron chi connectivity index (χ4n) is 4.50. The number of halogens is 2. The SMILES string of the molecule is CN(Cc1cc(F)nc(Cl)c1)C(=O)C1(N2CCNCC2)Cc2ccccc2C1. The van der Waals surface area contributed by atoms with E-state index in [1.165, 1.54) is 17.2 Å². The van der Waals surface area contributed by atoms with Crippen molar-refractivity contribution in [3.63, 3.8) is 0 Å². The third-order valence-corrected chi connectivity index (χ3v) is 5.99. The zero-order valence-corrected chi connectivity index (χ0v) is 16.7. The highest BCUT2D eigenvalue weighted by Gasteiger charge is 2.49. The van der Waals surface area contributed by atoms with E-state index in [2.05, 4.69) is 27.3 Å². The minimum Gasteiger partial charge on any atom is -0.340 e. The van der Waals surface area contributed by atoms with Gasteiger partial charge >= 0.3 is 0 Å². The zero-order chi connectivity index (χ0) is 19.7. The number of benzene rings is 1. The van der Waals surface area contributed by atoms with E-state index in [1.54, 1.807) is 18.0 Å². The van der Waals surface area contributed by atoms with Crippen molar-refractivity contribution in [1.82, 2.24) is 20.1 Å². The number of carbonyl (C=O) groups is 1. The number of nitrogens with zero attached hydrogens (tertiary/aromatic N) is 3. The van der Waals surface area contributed by atoms with Crippen molar-refractivity contribution in [3.8, 4) is 0 Å². The van der Waals surface area contributed by atoms with Crippen LogP contribution in [0.2, 0.25) is 5.15 Å². The lowest BCUT2D eigenvalue weighted by atomic mass is 9.90. The average Bonchev–Trinajstić information content (AvgIpc) is 3.08. The molecule has 0 unspecified atom stereocenters. The minimum absolute atomic E-state index is 0.0685. The first-order valence-electron chi connectivity index (χ1n) is 9.58. The number of likely N-dealkylation sites (N-methyl/N-ethyl adjacent to an activating group) is 1. The summed E-state index contributed by atoms with van der Waals surface area (Å²) in [4.78, 5) is 21.3. The van der Waals surface area contributed by atoms with Crippen molar-refractivity contribution in [2.75, 3.05) is 33.2 Å². The number of rotatable bonds is 4. The first-order chi connectivity index (χ1) is 13.5. The van der Waals surface area contributed by atoms with Gasteiger partial charge in [0.25, 0.3) is 0 Å². The zero-order valence-electron chi connectivity index (χ0n) is 15.9. The van der Waals surface area contributed by atoms with Crippen molar-refractivity contribution in [1.29, 1.82) is 0 Å². The molecule has 1 aliphatic heterocycles. The molecule has 1 aliphatic carbocycles. The highest BCUT2D eigenvalue weighted by molar-refractivity contribution is 6.29. The summed E-state index contributed by atoms with van der Waals surface area (Å²) in [7, 11) is 1.78. The fraction of sp³-hybridized carbons (Fsp3) is 0.429. The average molecular weight is 403 g/mol. The third kappa shape index (κ3) is 3.64. The lowest BCUT2D eigenvalue weighted by molar-refractivity contribution is -0.144.